The van der Waals surface area contributed by atoms with E-state index < -0.39 is 47.8 Å². The summed E-state index contributed by atoms with van der Waals surface area (Å²) in [7, 11) is 1.29. The predicted octanol–water partition coefficient (Wildman–Crippen LogP) is 3.87. The summed E-state index contributed by atoms with van der Waals surface area (Å²) in [6, 6.07) is 3.34. The molecule has 0 bridgehead atoms. The Labute approximate surface area is 152 Å². The van der Waals surface area contributed by atoms with Gasteiger partial charge in [0.25, 0.3) is 5.56 Å². The van der Waals surface area contributed by atoms with Gasteiger partial charge in [-0.2, -0.15) is 26.3 Å². The second-order valence-corrected chi connectivity index (χ2v) is 5.73. The minimum absolute atomic E-state index is 0.182. The van der Waals surface area contributed by atoms with Crippen LogP contribution in [0.25, 0.3) is 17.0 Å². The number of methoxy groups -OCH3 is 1. The normalized spacial score (nSPS) is 12.5. The molecular formula is C16H11F6N3O3. The molecule has 0 saturated heterocycles. The lowest BCUT2D eigenvalue weighted by atomic mass is 10.1. The van der Waals surface area contributed by atoms with Crippen molar-refractivity contribution < 1.29 is 35.6 Å². The number of hydrogen-bond donors (Lipinski definition) is 0. The highest BCUT2D eigenvalue weighted by atomic mass is 19.4. The van der Waals surface area contributed by atoms with Crippen LogP contribution in [0.1, 0.15) is 17.8 Å². The van der Waals surface area contributed by atoms with Crippen molar-refractivity contribution in [2.45, 2.75) is 25.2 Å². The topological polar surface area (TPSA) is 69.6 Å². The molecule has 0 unspecified atom stereocenters. The van der Waals surface area contributed by atoms with Crippen LogP contribution in [0.15, 0.2) is 33.7 Å². The van der Waals surface area contributed by atoms with Gasteiger partial charge in [0.05, 0.1) is 12.8 Å². The van der Waals surface area contributed by atoms with E-state index in [0.29, 0.717) is 0 Å². The van der Waals surface area contributed by atoms with Gasteiger partial charge in [0.1, 0.15) is 17.0 Å². The molecule has 0 aliphatic heterocycles. The number of hydrogen-bond acceptors (Lipinski definition) is 5. The van der Waals surface area contributed by atoms with Gasteiger partial charge in [-0.15, -0.1) is 0 Å². The first kappa shape index (κ1) is 19.7. The lowest BCUT2D eigenvalue weighted by molar-refractivity contribution is -0.140. The lowest BCUT2D eigenvalue weighted by Crippen LogP contribution is -2.23. The van der Waals surface area contributed by atoms with E-state index in [0.717, 1.165) is 22.7 Å². The smallest absolute Gasteiger partial charge is 0.434 e. The Balaban J connectivity index is 2.16. The zero-order valence-corrected chi connectivity index (χ0v) is 14.1. The molecule has 0 aliphatic carbocycles. The van der Waals surface area contributed by atoms with Crippen LogP contribution >= 0.6 is 0 Å². The average molecular weight is 407 g/mol. The Bertz CT molecular complexity index is 1070. The fourth-order valence-corrected chi connectivity index (χ4v) is 2.49. The Kier molecular flexibility index (Phi) is 4.81. The molecule has 0 radical (unpaired) electrons. The van der Waals surface area contributed by atoms with Gasteiger partial charge in [0.2, 0.25) is 0 Å². The minimum atomic E-state index is -5.02. The van der Waals surface area contributed by atoms with Crippen LogP contribution in [0.5, 0.6) is 5.75 Å². The third-order valence-corrected chi connectivity index (χ3v) is 3.78. The molecule has 28 heavy (non-hydrogen) atoms. The number of rotatable bonds is 4. The molecule has 3 aromatic rings. The van der Waals surface area contributed by atoms with Gasteiger partial charge in [0.15, 0.2) is 11.5 Å². The average Bonchev–Trinajstić information content (AvgIpc) is 3.06. The summed E-state index contributed by atoms with van der Waals surface area (Å²) in [6.45, 7) is 0. The third kappa shape index (κ3) is 3.94. The number of fused-ring (bicyclic) bond motifs is 1. The molecule has 3 heterocycles. The second kappa shape index (κ2) is 6.84. The van der Waals surface area contributed by atoms with Crippen molar-refractivity contribution >= 4 is 5.65 Å². The fourth-order valence-electron chi connectivity index (χ4n) is 2.49. The van der Waals surface area contributed by atoms with Gasteiger partial charge in [-0.3, -0.25) is 9.20 Å². The fraction of sp³-hybridized carbons (Fsp3) is 0.312. The summed E-state index contributed by atoms with van der Waals surface area (Å²) in [5, 5.41) is 3.33. The molecule has 6 nitrogen and oxygen atoms in total. The number of aryl methyl sites for hydroxylation is 1. The molecule has 0 fully saturated rings. The van der Waals surface area contributed by atoms with Gasteiger partial charge in [-0.1, -0.05) is 5.16 Å². The first-order valence-corrected chi connectivity index (χ1v) is 7.70. The summed E-state index contributed by atoms with van der Waals surface area (Å²) in [5.41, 5.74) is -4.15. The van der Waals surface area contributed by atoms with Crippen molar-refractivity contribution in [3.05, 3.63) is 46.1 Å². The first-order chi connectivity index (χ1) is 13.0. The Morgan fingerprint density at radius 1 is 1.18 bits per heavy atom. The maximum atomic E-state index is 13.5. The van der Waals surface area contributed by atoms with Crippen molar-refractivity contribution in [2.75, 3.05) is 7.11 Å². The van der Waals surface area contributed by atoms with E-state index in [2.05, 4.69) is 10.1 Å². The van der Waals surface area contributed by atoms with E-state index in [9.17, 15) is 31.1 Å². The molecule has 0 N–H and O–H groups in total. The Morgan fingerprint density at radius 2 is 1.89 bits per heavy atom. The molecule has 3 aromatic heterocycles. The van der Waals surface area contributed by atoms with E-state index in [-0.39, 0.29) is 17.1 Å². The maximum Gasteiger partial charge on any atom is 0.434 e. The van der Waals surface area contributed by atoms with E-state index in [4.69, 9.17) is 9.26 Å². The molecule has 12 heteroatoms. The summed E-state index contributed by atoms with van der Waals surface area (Å²) in [4.78, 5) is 16.1. The molecular weight excluding hydrogens is 396 g/mol. The Morgan fingerprint density at radius 3 is 2.50 bits per heavy atom. The highest BCUT2D eigenvalue weighted by Crippen LogP contribution is 2.35. The highest BCUT2D eigenvalue weighted by Gasteiger charge is 2.39. The summed E-state index contributed by atoms with van der Waals surface area (Å²) in [6.07, 6.45) is -10.2. The molecule has 150 valence electrons. The minimum Gasteiger partial charge on any atom is -0.497 e. The van der Waals surface area contributed by atoms with Gasteiger partial charge in [-0.05, 0) is 6.07 Å². The van der Waals surface area contributed by atoms with Crippen molar-refractivity contribution in [3.8, 4) is 17.1 Å². The van der Waals surface area contributed by atoms with E-state index in [1.165, 1.54) is 13.2 Å². The summed E-state index contributed by atoms with van der Waals surface area (Å²) in [5.74, 6) is -0.436. The summed E-state index contributed by atoms with van der Waals surface area (Å²) >= 11 is 0. The first-order valence-electron chi connectivity index (χ1n) is 7.70. The molecule has 0 atom stereocenters. The van der Waals surface area contributed by atoms with Crippen molar-refractivity contribution in [1.82, 2.24) is 14.5 Å². The van der Waals surface area contributed by atoms with Crippen LogP contribution in [-0.2, 0) is 12.6 Å². The van der Waals surface area contributed by atoms with E-state index >= 15 is 0 Å². The van der Waals surface area contributed by atoms with Crippen molar-refractivity contribution in [2.24, 2.45) is 0 Å². The third-order valence-electron chi connectivity index (χ3n) is 3.78. The second-order valence-electron chi connectivity index (χ2n) is 5.73. The molecule has 0 aliphatic rings. The number of halogens is 6. The molecule has 0 amide bonds. The number of ether oxygens (including phenoxy) is 1. The largest absolute Gasteiger partial charge is 0.497 e. The SMILES string of the molecule is COc1ccn2c(=O)c(-c3cc(CCC(F)(F)F)no3)c(C(F)(F)F)nc2c1. The predicted molar refractivity (Wildman–Crippen MR) is 82.9 cm³/mol. The lowest BCUT2D eigenvalue weighted by Gasteiger charge is -2.12. The summed E-state index contributed by atoms with van der Waals surface area (Å²) < 4.78 is 87.9. The highest BCUT2D eigenvalue weighted by molar-refractivity contribution is 5.63. The van der Waals surface area contributed by atoms with Crippen LogP contribution in [0.3, 0.4) is 0 Å². The van der Waals surface area contributed by atoms with Crippen LogP contribution < -0.4 is 10.3 Å². The van der Waals surface area contributed by atoms with Crippen LogP contribution in [0.2, 0.25) is 0 Å². The van der Waals surface area contributed by atoms with Crippen LogP contribution in [0, 0.1) is 0 Å². The number of pyridine rings is 1. The monoisotopic (exact) mass is 407 g/mol. The number of nitrogens with zero attached hydrogens (tertiary/aromatic N) is 3. The zero-order chi connectivity index (χ0) is 20.7. The molecule has 0 spiro atoms. The van der Waals surface area contributed by atoms with E-state index in [1.807, 2.05) is 0 Å². The van der Waals surface area contributed by atoms with Gasteiger partial charge in [-0.25, -0.2) is 4.98 Å². The quantitative estimate of drug-likeness (QED) is 0.614. The number of aromatic nitrogens is 3. The van der Waals surface area contributed by atoms with E-state index in [1.54, 1.807) is 0 Å². The zero-order valence-electron chi connectivity index (χ0n) is 14.1. The van der Waals surface area contributed by atoms with Crippen LogP contribution in [-0.4, -0.2) is 27.8 Å². The molecule has 0 aromatic carbocycles. The van der Waals surface area contributed by atoms with Crippen LogP contribution in [0.4, 0.5) is 26.3 Å². The van der Waals surface area contributed by atoms with Gasteiger partial charge in [0, 0.05) is 31.2 Å². The Hall–Kier alpha value is -3.05. The molecule has 0 saturated carbocycles. The van der Waals surface area contributed by atoms with Gasteiger partial charge >= 0.3 is 12.4 Å². The van der Waals surface area contributed by atoms with Crippen molar-refractivity contribution in [3.63, 3.8) is 0 Å². The van der Waals surface area contributed by atoms with Crippen molar-refractivity contribution in [1.29, 1.82) is 0 Å². The standard InChI is InChI=1S/C16H11F6N3O3/c1-27-9-3-5-25-11(7-9)23-13(16(20,21)22)12(14(25)26)10-6-8(24-28-10)2-4-15(17,18)19/h3,5-7H,2,4H2,1H3. The maximum absolute atomic E-state index is 13.5. The van der Waals surface area contributed by atoms with Gasteiger partial charge < -0.3 is 9.26 Å². The molecule has 3 rings (SSSR count). The number of alkyl halides is 6.